The zero-order valence-electron chi connectivity index (χ0n) is 18.7. The maximum Gasteiger partial charge on any atom is 0.254 e. The van der Waals surface area contributed by atoms with Crippen molar-refractivity contribution in [3.63, 3.8) is 0 Å². The number of carbonyl (C=O) groups is 2. The maximum absolute atomic E-state index is 12.0. The van der Waals surface area contributed by atoms with Crippen LogP contribution in [0.5, 0.6) is 0 Å². The molecule has 1 aromatic carbocycles. The normalized spacial score (nSPS) is 19.6. The third kappa shape index (κ3) is 4.32. The lowest BCUT2D eigenvalue weighted by Crippen LogP contribution is -2.43. The summed E-state index contributed by atoms with van der Waals surface area (Å²) in [5.41, 5.74) is 4.96. The van der Waals surface area contributed by atoms with Crippen molar-refractivity contribution in [2.24, 2.45) is 0 Å². The van der Waals surface area contributed by atoms with E-state index in [9.17, 15) is 9.59 Å². The summed E-state index contributed by atoms with van der Waals surface area (Å²) in [5, 5.41) is 17.1. The lowest BCUT2D eigenvalue weighted by Gasteiger charge is -2.30. The molecule has 2 amide bonds. The van der Waals surface area contributed by atoms with Gasteiger partial charge in [0.1, 0.15) is 5.82 Å². The molecule has 3 aromatic rings. The molecule has 0 unspecified atom stereocenters. The minimum Gasteiger partial charge on any atom is -0.382 e. The average molecular weight is 459 g/mol. The number of imide groups is 1. The number of fused-ring (bicyclic) bond motifs is 1. The second-order valence-electron chi connectivity index (χ2n) is 8.95. The summed E-state index contributed by atoms with van der Waals surface area (Å²) >= 11 is 0. The third-order valence-electron chi connectivity index (χ3n) is 6.24. The molecular formula is C24H26N8O2. The molecule has 6 rings (SSSR count). The zero-order valence-corrected chi connectivity index (χ0v) is 18.7. The molecule has 1 aliphatic carbocycles. The van der Waals surface area contributed by atoms with E-state index in [4.69, 9.17) is 4.98 Å². The van der Waals surface area contributed by atoms with Crippen LogP contribution in [0, 0.1) is 0 Å². The number of anilines is 4. The maximum atomic E-state index is 12.0. The van der Waals surface area contributed by atoms with Crippen molar-refractivity contribution in [1.82, 2.24) is 25.2 Å². The smallest absolute Gasteiger partial charge is 0.254 e. The highest BCUT2D eigenvalue weighted by atomic mass is 16.2. The summed E-state index contributed by atoms with van der Waals surface area (Å²) in [6.45, 7) is 3.90. The fraction of sp³-hybridized carbons (Fsp3) is 0.333. The van der Waals surface area contributed by atoms with Gasteiger partial charge in [-0.3, -0.25) is 14.9 Å². The Morgan fingerprint density at radius 2 is 1.91 bits per heavy atom. The average Bonchev–Trinajstić information content (AvgIpc) is 3.48. The van der Waals surface area contributed by atoms with Crippen molar-refractivity contribution in [1.29, 1.82) is 0 Å². The first-order valence-electron chi connectivity index (χ1n) is 11.6. The van der Waals surface area contributed by atoms with Crippen LogP contribution >= 0.6 is 0 Å². The zero-order chi connectivity index (χ0) is 23.1. The Morgan fingerprint density at radius 1 is 1.09 bits per heavy atom. The SMILES string of the molecule is O=C1C/C(=C/c2cnn3ccc(Nc4cc(NC5CC5)cc(N5CCNCC5)c4)nc23)C(=O)N1. The molecule has 10 nitrogen and oxygen atoms in total. The van der Waals surface area contributed by atoms with Crippen molar-refractivity contribution in [2.45, 2.75) is 25.3 Å². The number of nitrogens with one attached hydrogen (secondary N) is 4. The van der Waals surface area contributed by atoms with Gasteiger partial charge in [-0.25, -0.2) is 9.50 Å². The van der Waals surface area contributed by atoms with Gasteiger partial charge in [0.2, 0.25) is 5.91 Å². The largest absolute Gasteiger partial charge is 0.382 e. The van der Waals surface area contributed by atoms with Crippen molar-refractivity contribution in [3.05, 3.63) is 47.8 Å². The second kappa shape index (κ2) is 8.45. The molecule has 0 bridgehead atoms. The van der Waals surface area contributed by atoms with Crippen LogP contribution in [-0.4, -0.2) is 58.6 Å². The van der Waals surface area contributed by atoms with Crippen molar-refractivity contribution >= 4 is 46.4 Å². The van der Waals surface area contributed by atoms with E-state index >= 15 is 0 Å². The first kappa shape index (κ1) is 20.7. The highest BCUT2D eigenvalue weighted by molar-refractivity contribution is 6.15. The van der Waals surface area contributed by atoms with Crippen LogP contribution in [0.1, 0.15) is 24.8 Å². The van der Waals surface area contributed by atoms with Crippen LogP contribution in [0.4, 0.5) is 22.9 Å². The molecule has 34 heavy (non-hydrogen) atoms. The Balaban J connectivity index is 1.30. The van der Waals surface area contributed by atoms with Crippen LogP contribution in [0.2, 0.25) is 0 Å². The summed E-state index contributed by atoms with van der Waals surface area (Å²) in [4.78, 5) is 30.6. The van der Waals surface area contributed by atoms with Gasteiger partial charge in [-0.05, 0) is 43.2 Å². The number of hydrogen-bond donors (Lipinski definition) is 4. The van der Waals surface area contributed by atoms with Gasteiger partial charge in [0.05, 0.1) is 12.6 Å². The lowest BCUT2D eigenvalue weighted by molar-refractivity contribution is -0.124. The summed E-state index contributed by atoms with van der Waals surface area (Å²) in [6.07, 6.45) is 7.66. The molecule has 1 saturated carbocycles. The van der Waals surface area contributed by atoms with Gasteiger partial charge < -0.3 is 20.9 Å². The van der Waals surface area contributed by atoms with E-state index < -0.39 is 0 Å². The van der Waals surface area contributed by atoms with E-state index in [1.165, 1.54) is 18.5 Å². The number of rotatable bonds is 6. The fourth-order valence-corrected chi connectivity index (χ4v) is 4.35. The van der Waals surface area contributed by atoms with Crippen LogP contribution in [0.3, 0.4) is 0 Å². The fourth-order valence-electron chi connectivity index (χ4n) is 4.35. The molecule has 3 aliphatic rings. The van der Waals surface area contributed by atoms with Gasteiger partial charge in [0.15, 0.2) is 5.65 Å². The molecular weight excluding hydrogens is 432 g/mol. The molecule has 174 valence electrons. The molecule has 0 atom stereocenters. The van der Waals surface area contributed by atoms with E-state index in [0.29, 0.717) is 28.6 Å². The van der Waals surface area contributed by atoms with Gasteiger partial charge in [-0.1, -0.05) is 0 Å². The van der Waals surface area contributed by atoms with Gasteiger partial charge >= 0.3 is 0 Å². The molecule has 4 N–H and O–H groups in total. The molecule has 10 heteroatoms. The summed E-state index contributed by atoms with van der Waals surface area (Å²) < 4.78 is 1.66. The van der Waals surface area contributed by atoms with Crippen LogP contribution < -0.4 is 26.2 Å². The predicted molar refractivity (Wildman–Crippen MR) is 130 cm³/mol. The summed E-state index contributed by atoms with van der Waals surface area (Å²) in [6, 6.07) is 8.92. The molecule has 3 fully saturated rings. The van der Waals surface area contributed by atoms with Crippen molar-refractivity contribution < 1.29 is 9.59 Å². The minimum atomic E-state index is -0.362. The van der Waals surface area contributed by atoms with E-state index in [2.05, 4.69) is 49.5 Å². The highest BCUT2D eigenvalue weighted by Gasteiger charge is 2.24. The predicted octanol–water partition coefficient (Wildman–Crippen LogP) is 1.89. The Bertz CT molecular complexity index is 1300. The molecule has 0 spiro atoms. The summed E-state index contributed by atoms with van der Waals surface area (Å²) in [7, 11) is 0. The van der Waals surface area contributed by atoms with Crippen LogP contribution in [-0.2, 0) is 9.59 Å². The number of hydrogen-bond acceptors (Lipinski definition) is 8. The minimum absolute atomic E-state index is 0.0731. The number of amides is 2. The van der Waals surface area contributed by atoms with Gasteiger partial charge in [-0.2, -0.15) is 5.10 Å². The molecule has 2 aliphatic heterocycles. The van der Waals surface area contributed by atoms with Crippen LogP contribution in [0.25, 0.3) is 11.7 Å². The van der Waals surface area contributed by atoms with E-state index in [-0.39, 0.29) is 18.2 Å². The van der Waals surface area contributed by atoms with E-state index in [1.807, 2.05) is 12.3 Å². The Labute approximate surface area is 196 Å². The topological polar surface area (TPSA) is 116 Å². The van der Waals surface area contributed by atoms with E-state index in [0.717, 1.165) is 37.6 Å². The Morgan fingerprint density at radius 3 is 2.68 bits per heavy atom. The first-order valence-corrected chi connectivity index (χ1v) is 11.6. The Hall–Kier alpha value is -3.92. The van der Waals surface area contributed by atoms with Crippen molar-refractivity contribution in [3.8, 4) is 0 Å². The quantitative estimate of drug-likeness (QED) is 0.327. The van der Waals surface area contributed by atoms with Crippen LogP contribution in [0.15, 0.2) is 42.2 Å². The second-order valence-corrected chi connectivity index (χ2v) is 8.95. The molecule has 2 aromatic heterocycles. The third-order valence-corrected chi connectivity index (χ3v) is 6.24. The molecule has 0 radical (unpaired) electrons. The highest BCUT2D eigenvalue weighted by Crippen LogP contribution is 2.32. The number of nitrogens with zero attached hydrogens (tertiary/aromatic N) is 4. The molecule has 2 saturated heterocycles. The number of piperazine rings is 1. The Kier molecular flexibility index (Phi) is 5.14. The summed E-state index contributed by atoms with van der Waals surface area (Å²) in [5.74, 6) is 0.0245. The first-order chi connectivity index (χ1) is 16.6. The monoisotopic (exact) mass is 458 g/mol. The lowest BCUT2D eigenvalue weighted by atomic mass is 10.1. The number of benzene rings is 1. The van der Waals surface area contributed by atoms with Gasteiger partial charge in [0.25, 0.3) is 5.91 Å². The van der Waals surface area contributed by atoms with Crippen molar-refractivity contribution in [2.75, 3.05) is 41.7 Å². The number of aromatic nitrogens is 3. The standard InChI is InChI=1S/C24H26N8O2/c33-22-10-15(24(34)30-22)9-16-14-26-32-6-3-21(29-23(16)32)28-19-11-18(27-17-1-2-17)12-20(13-19)31-7-4-25-5-8-31/h3,6,9,11-14,17,25,27H,1-2,4-5,7-8,10H2,(H,28,29)(H,30,33,34)/b15-9-. The number of carbonyl (C=O) groups excluding carboxylic acids is 2. The van der Waals surface area contributed by atoms with Gasteiger partial charge in [0, 0.05) is 66.6 Å². The van der Waals surface area contributed by atoms with E-state index in [1.54, 1.807) is 16.8 Å². The van der Waals surface area contributed by atoms with Gasteiger partial charge in [-0.15, -0.1) is 0 Å². The molecule has 4 heterocycles.